The number of hydrogen-bond donors (Lipinski definition) is 2. The van der Waals surface area contributed by atoms with E-state index in [4.69, 9.17) is 5.11 Å². The van der Waals surface area contributed by atoms with Crippen LogP contribution < -0.4 is 5.11 Å². The van der Waals surface area contributed by atoms with Gasteiger partial charge in [-0.05, 0) is 17.2 Å². The molecule has 0 spiro atoms. The summed E-state index contributed by atoms with van der Waals surface area (Å²) in [4.78, 5) is 0. The van der Waals surface area contributed by atoms with Crippen LogP contribution in [0, 0.1) is 0 Å². The van der Waals surface area contributed by atoms with Crippen LogP contribution in [0.5, 0.6) is 0 Å². The van der Waals surface area contributed by atoms with E-state index >= 15 is 0 Å². The average Bonchev–Trinajstić information content (AvgIpc) is 2.70. The Morgan fingerprint density at radius 2 is 2.18 bits per heavy atom. The molecule has 0 aromatic heterocycles. The fraction of sp³-hybridized carbons (Fsp3) is 0.333. The Bertz CT molecular complexity index is 442. The molecule has 5 nitrogen and oxygen atoms in total. The van der Waals surface area contributed by atoms with E-state index in [9.17, 15) is 10.2 Å². The molecular weight excluding hydrogens is 220 g/mol. The lowest BCUT2D eigenvalue weighted by molar-refractivity contribution is -0.568. The lowest BCUT2D eigenvalue weighted by Crippen LogP contribution is -2.36. The number of hydrogen-bond acceptors (Lipinski definition) is 4. The normalized spacial score (nSPS) is 23.8. The van der Waals surface area contributed by atoms with E-state index in [0.717, 1.165) is 5.56 Å². The third-order valence-corrected chi connectivity index (χ3v) is 2.66. The molecule has 17 heavy (non-hydrogen) atoms. The fourth-order valence-corrected chi connectivity index (χ4v) is 1.77. The molecule has 2 N–H and O–H groups in total. The van der Waals surface area contributed by atoms with E-state index in [1.807, 2.05) is 30.3 Å². The summed E-state index contributed by atoms with van der Waals surface area (Å²) in [6.45, 7) is -0.382. The Balaban J connectivity index is 2.26. The predicted octanol–water partition coefficient (Wildman–Crippen LogP) is -1.08. The van der Waals surface area contributed by atoms with Gasteiger partial charge >= 0.3 is 0 Å². The first kappa shape index (κ1) is 11.8. The maximum absolute atomic E-state index is 11.3. The van der Waals surface area contributed by atoms with Crippen molar-refractivity contribution in [1.82, 2.24) is 0 Å². The van der Waals surface area contributed by atoms with Gasteiger partial charge in [0.1, 0.15) is 6.10 Å². The van der Waals surface area contributed by atoms with Crippen molar-refractivity contribution >= 4 is 12.1 Å². The highest BCUT2D eigenvalue weighted by Gasteiger charge is 2.34. The van der Waals surface area contributed by atoms with Gasteiger partial charge in [-0.2, -0.15) is 0 Å². The monoisotopic (exact) mass is 234 g/mol. The van der Waals surface area contributed by atoms with Crippen LogP contribution in [0.2, 0.25) is 0 Å². The van der Waals surface area contributed by atoms with Gasteiger partial charge in [0.15, 0.2) is 0 Å². The van der Waals surface area contributed by atoms with E-state index in [-0.39, 0.29) is 18.9 Å². The molecular formula is C12H14N2O3. The largest absolute Gasteiger partial charge is 0.857 e. The van der Waals surface area contributed by atoms with Crippen LogP contribution in [-0.4, -0.2) is 45.8 Å². The highest BCUT2D eigenvalue weighted by atomic mass is 16.3. The topological polar surface area (TPSA) is 78.9 Å². The van der Waals surface area contributed by atoms with Crippen molar-refractivity contribution in [2.75, 3.05) is 6.61 Å². The van der Waals surface area contributed by atoms with Crippen molar-refractivity contribution in [3.63, 3.8) is 0 Å². The third kappa shape index (κ3) is 2.69. The lowest BCUT2D eigenvalue weighted by atomic mass is 10.1. The Kier molecular flexibility index (Phi) is 3.51. The standard InChI is InChI=1S/C12H14N2O3/c15-8-11(16)10-6-12(17)13-14(10)7-9-4-2-1-3-5-9/h1-5,7,10-11,15-16H,6,8H2/b14-7-/t10-,11+/m1/s1. The minimum atomic E-state index is -0.967. The molecule has 1 aliphatic heterocycles. The first-order valence-corrected chi connectivity index (χ1v) is 5.42. The molecule has 0 unspecified atom stereocenters. The quantitative estimate of drug-likeness (QED) is 0.653. The third-order valence-electron chi connectivity index (χ3n) is 2.66. The maximum atomic E-state index is 11.3. The molecule has 1 aromatic carbocycles. The van der Waals surface area contributed by atoms with Gasteiger partial charge in [-0.1, -0.05) is 22.9 Å². The number of rotatable bonds is 3. The summed E-state index contributed by atoms with van der Waals surface area (Å²) in [7, 11) is 0. The molecule has 0 radical (unpaired) electrons. The summed E-state index contributed by atoms with van der Waals surface area (Å²) < 4.78 is 1.43. The maximum Gasteiger partial charge on any atom is 0.216 e. The van der Waals surface area contributed by atoms with Gasteiger partial charge < -0.3 is 15.3 Å². The highest BCUT2D eigenvalue weighted by Crippen LogP contribution is 2.12. The Morgan fingerprint density at radius 1 is 1.47 bits per heavy atom. The van der Waals surface area contributed by atoms with Crippen LogP contribution in [0.4, 0.5) is 0 Å². The van der Waals surface area contributed by atoms with E-state index in [0.29, 0.717) is 0 Å². The van der Waals surface area contributed by atoms with E-state index in [1.54, 1.807) is 6.21 Å². The zero-order valence-corrected chi connectivity index (χ0v) is 9.23. The van der Waals surface area contributed by atoms with Gasteiger partial charge in [0.05, 0.1) is 6.61 Å². The first-order chi connectivity index (χ1) is 8.20. The molecule has 0 saturated heterocycles. The molecule has 2 rings (SSSR count). The average molecular weight is 234 g/mol. The number of nitrogens with zero attached hydrogens (tertiary/aromatic N) is 2. The molecule has 1 heterocycles. The summed E-state index contributed by atoms with van der Waals surface area (Å²) in [5.74, 6) is -0.283. The van der Waals surface area contributed by atoms with Crippen molar-refractivity contribution in [3.05, 3.63) is 35.9 Å². The second kappa shape index (κ2) is 5.07. The van der Waals surface area contributed by atoms with Crippen LogP contribution in [0.3, 0.4) is 0 Å². The van der Waals surface area contributed by atoms with Gasteiger partial charge in [-0.15, -0.1) is 0 Å². The van der Waals surface area contributed by atoms with Gasteiger partial charge in [0.25, 0.3) is 0 Å². The summed E-state index contributed by atoms with van der Waals surface area (Å²) in [6, 6.07) is 8.92. The summed E-state index contributed by atoms with van der Waals surface area (Å²) in [5, 5.41) is 33.6. The molecule has 1 aliphatic rings. The molecule has 5 heteroatoms. The van der Waals surface area contributed by atoms with Crippen molar-refractivity contribution in [1.29, 1.82) is 0 Å². The Labute approximate surface area is 99.0 Å². The zero-order valence-electron chi connectivity index (χ0n) is 9.23. The van der Waals surface area contributed by atoms with Crippen LogP contribution in [0.1, 0.15) is 12.0 Å². The van der Waals surface area contributed by atoms with Crippen molar-refractivity contribution in [2.24, 2.45) is 5.10 Å². The van der Waals surface area contributed by atoms with Crippen LogP contribution in [0.25, 0.3) is 0 Å². The van der Waals surface area contributed by atoms with Crippen molar-refractivity contribution < 1.29 is 20.0 Å². The Hall–Kier alpha value is -1.72. The van der Waals surface area contributed by atoms with E-state index in [1.165, 1.54) is 4.68 Å². The molecule has 90 valence electrons. The number of aliphatic hydroxyl groups excluding tert-OH is 2. The molecule has 1 aromatic rings. The smallest absolute Gasteiger partial charge is 0.216 e. The lowest BCUT2D eigenvalue weighted by Gasteiger charge is -2.10. The van der Waals surface area contributed by atoms with Crippen LogP contribution in [-0.2, 0) is 0 Å². The fourth-order valence-electron chi connectivity index (χ4n) is 1.77. The van der Waals surface area contributed by atoms with Crippen LogP contribution in [0.15, 0.2) is 35.4 Å². The van der Waals surface area contributed by atoms with Gasteiger partial charge in [0, 0.05) is 17.9 Å². The van der Waals surface area contributed by atoms with Gasteiger partial charge in [-0.25, -0.2) is 0 Å². The second-order valence-corrected chi connectivity index (χ2v) is 3.93. The summed E-state index contributed by atoms with van der Waals surface area (Å²) >= 11 is 0. The summed E-state index contributed by atoms with van der Waals surface area (Å²) in [6.07, 6.45) is 0.852. The second-order valence-electron chi connectivity index (χ2n) is 3.93. The number of hydrazone groups is 1. The number of benzene rings is 1. The highest BCUT2D eigenvalue weighted by molar-refractivity contribution is 5.77. The van der Waals surface area contributed by atoms with Crippen molar-refractivity contribution in [2.45, 2.75) is 18.6 Å². The molecule has 0 saturated carbocycles. The SMILES string of the molecule is [O-]C1=N/[N+](=C\c2ccccc2)[C@@H]([C@@H](O)CO)C1. The number of aliphatic hydroxyl groups is 2. The molecule has 0 amide bonds. The zero-order chi connectivity index (χ0) is 12.3. The molecule has 0 aliphatic carbocycles. The van der Waals surface area contributed by atoms with E-state index < -0.39 is 12.1 Å². The first-order valence-electron chi connectivity index (χ1n) is 5.42. The predicted molar refractivity (Wildman–Crippen MR) is 60.8 cm³/mol. The Morgan fingerprint density at radius 3 is 2.82 bits per heavy atom. The minimum Gasteiger partial charge on any atom is -0.857 e. The molecule has 0 fully saturated rings. The van der Waals surface area contributed by atoms with Crippen LogP contribution >= 0.6 is 0 Å². The minimum absolute atomic E-state index is 0.130. The molecule has 2 atom stereocenters. The van der Waals surface area contributed by atoms with E-state index in [2.05, 4.69) is 5.10 Å². The molecule has 0 bridgehead atoms. The van der Waals surface area contributed by atoms with Gasteiger partial charge in [0.2, 0.25) is 12.3 Å². The van der Waals surface area contributed by atoms with Crippen molar-refractivity contribution in [3.8, 4) is 0 Å². The van der Waals surface area contributed by atoms with Gasteiger partial charge in [-0.3, -0.25) is 0 Å². The summed E-state index contributed by atoms with van der Waals surface area (Å²) in [5.41, 5.74) is 0.890.